The van der Waals surface area contributed by atoms with Gasteiger partial charge in [-0.1, -0.05) is 19.8 Å². The molecule has 23 heavy (non-hydrogen) atoms. The highest BCUT2D eigenvalue weighted by molar-refractivity contribution is 7.90. The topological polar surface area (TPSA) is 116 Å². The highest BCUT2D eigenvalue weighted by atomic mass is 32.2. The summed E-state index contributed by atoms with van der Waals surface area (Å²) in [6.45, 7) is 2.13. The average Bonchev–Trinajstić information content (AvgIpc) is 2.49. The number of carbonyl (C=O) groups excluding carboxylic acids is 1. The maximum atomic E-state index is 12.4. The molecule has 8 nitrogen and oxygen atoms in total. The zero-order chi connectivity index (χ0) is 17.0. The summed E-state index contributed by atoms with van der Waals surface area (Å²) in [5.74, 6) is -1.84. The van der Waals surface area contributed by atoms with Gasteiger partial charge in [0.25, 0.3) is 15.9 Å². The number of aliphatic carboxylic acids is 1. The van der Waals surface area contributed by atoms with Gasteiger partial charge in [-0.05, 0) is 18.6 Å². The number of sulfonamides is 1. The zero-order valence-electron chi connectivity index (χ0n) is 12.7. The lowest BCUT2D eigenvalue weighted by molar-refractivity contribution is -0.141. The van der Waals surface area contributed by atoms with Crippen LogP contribution < -0.4 is 5.32 Å². The molecule has 1 amide bonds. The van der Waals surface area contributed by atoms with Gasteiger partial charge in [-0.2, -0.15) is 0 Å². The molecule has 2 aliphatic heterocycles. The molecule has 0 saturated heterocycles. The number of hydrogen-bond donors (Lipinski definition) is 2. The highest BCUT2D eigenvalue weighted by Crippen LogP contribution is 2.18. The number of carboxylic acid groups (broad SMARTS) is 1. The molecule has 0 aromatic heterocycles. The summed E-state index contributed by atoms with van der Waals surface area (Å²) in [5.41, 5.74) is 0.0542. The Morgan fingerprint density at radius 2 is 2.22 bits per heavy atom. The second kappa shape index (κ2) is 6.95. The summed E-state index contributed by atoms with van der Waals surface area (Å²) < 4.78 is 26.9. The largest absolute Gasteiger partial charge is 0.480 e. The third kappa shape index (κ3) is 4.19. The second-order valence-corrected chi connectivity index (χ2v) is 7.08. The van der Waals surface area contributed by atoms with Gasteiger partial charge in [0.1, 0.15) is 6.04 Å². The first-order valence-corrected chi connectivity index (χ1v) is 8.97. The van der Waals surface area contributed by atoms with Crippen molar-refractivity contribution in [2.75, 3.05) is 12.3 Å². The lowest BCUT2D eigenvalue weighted by Gasteiger charge is -2.29. The van der Waals surface area contributed by atoms with Crippen LogP contribution in [0.2, 0.25) is 0 Å². The maximum absolute atomic E-state index is 12.4. The van der Waals surface area contributed by atoms with Crippen LogP contribution in [0.1, 0.15) is 26.2 Å². The minimum absolute atomic E-state index is 0.0379. The van der Waals surface area contributed by atoms with Crippen molar-refractivity contribution in [3.63, 3.8) is 0 Å². The van der Waals surface area contributed by atoms with Crippen molar-refractivity contribution in [1.29, 1.82) is 0 Å². The van der Waals surface area contributed by atoms with Crippen LogP contribution in [0.15, 0.2) is 28.3 Å². The molecule has 2 aliphatic rings. The van der Waals surface area contributed by atoms with E-state index in [1.54, 1.807) is 17.2 Å². The normalized spacial score (nSPS) is 20.1. The number of rotatable bonds is 6. The molecule has 0 fully saturated rings. The minimum atomic E-state index is -3.60. The lowest BCUT2D eigenvalue weighted by atomic mass is 10.1. The van der Waals surface area contributed by atoms with Crippen molar-refractivity contribution in [2.45, 2.75) is 32.2 Å². The molecule has 2 heterocycles. The fourth-order valence-corrected chi connectivity index (χ4v) is 3.28. The van der Waals surface area contributed by atoms with E-state index < -0.39 is 27.9 Å². The number of allylic oxidation sites excluding steroid dienone is 2. The van der Waals surface area contributed by atoms with Gasteiger partial charge < -0.3 is 15.3 Å². The van der Waals surface area contributed by atoms with Crippen molar-refractivity contribution in [1.82, 2.24) is 10.2 Å². The molecule has 0 aromatic carbocycles. The molecule has 0 aliphatic carbocycles. The Morgan fingerprint density at radius 3 is 2.87 bits per heavy atom. The summed E-state index contributed by atoms with van der Waals surface area (Å²) >= 11 is 0. The Bertz CT molecular complexity index is 693. The van der Waals surface area contributed by atoms with Gasteiger partial charge in [0.2, 0.25) is 0 Å². The first-order valence-electron chi connectivity index (χ1n) is 7.36. The number of carboxylic acids is 1. The molecule has 2 rings (SSSR count). The molecule has 0 aromatic rings. The van der Waals surface area contributed by atoms with Crippen LogP contribution in [0.5, 0.6) is 0 Å². The Balaban J connectivity index is 2.20. The van der Waals surface area contributed by atoms with Gasteiger partial charge >= 0.3 is 5.97 Å². The van der Waals surface area contributed by atoms with Crippen molar-refractivity contribution in [3.05, 3.63) is 23.9 Å². The summed E-state index contributed by atoms with van der Waals surface area (Å²) in [7, 11) is -3.60. The number of nitrogens with one attached hydrogen (secondary N) is 1. The molecular weight excluding hydrogens is 322 g/mol. The summed E-state index contributed by atoms with van der Waals surface area (Å²) in [5, 5.41) is 11.6. The van der Waals surface area contributed by atoms with Gasteiger partial charge in [-0.3, -0.25) is 4.79 Å². The van der Waals surface area contributed by atoms with Crippen LogP contribution in [-0.2, 0) is 19.6 Å². The predicted octanol–water partition coefficient (Wildman–Crippen LogP) is 0.244. The van der Waals surface area contributed by atoms with Crippen LogP contribution in [0.25, 0.3) is 0 Å². The van der Waals surface area contributed by atoms with Crippen LogP contribution in [-0.4, -0.2) is 54.5 Å². The molecule has 0 bridgehead atoms. The van der Waals surface area contributed by atoms with E-state index in [-0.39, 0.29) is 23.7 Å². The summed E-state index contributed by atoms with van der Waals surface area (Å²) in [4.78, 5) is 25.2. The average molecular weight is 341 g/mol. The Morgan fingerprint density at radius 1 is 1.48 bits per heavy atom. The highest BCUT2D eigenvalue weighted by Gasteiger charge is 2.31. The van der Waals surface area contributed by atoms with Crippen molar-refractivity contribution in [3.8, 4) is 0 Å². The first kappa shape index (κ1) is 17.2. The van der Waals surface area contributed by atoms with E-state index in [2.05, 4.69) is 9.71 Å². The van der Waals surface area contributed by atoms with Crippen LogP contribution in [0, 0.1) is 0 Å². The fraction of sp³-hybridized carbons (Fsp3) is 0.500. The molecule has 2 N–H and O–H groups in total. The van der Waals surface area contributed by atoms with Crippen LogP contribution in [0.3, 0.4) is 0 Å². The third-order valence-electron chi connectivity index (χ3n) is 3.55. The number of carbonyl (C=O) groups is 2. The van der Waals surface area contributed by atoms with E-state index in [9.17, 15) is 23.1 Å². The third-order valence-corrected chi connectivity index (χ3v) is 4.70. The number of unbranched alkanes of at least 4 members (excludes halogenated alkanes) is 1. The molecule has 126 valence electrons. The SMILES string of the molecule is CCCCC(NC(=O)C1=CC=CN2CCS(=O)(=O)N=C12)C(=O)O. The minimum Gasteiger partial charge on any atom is -0.480 e. The van der Waals surface area contributed by atoms with Gasteiger partial charge in [-0.25, -0.2) is 13.2 Å². The quantitative estimate of drug-likeness (QED) is 0.715. The first-order chi connectivity index (χ1) is 10.8. The smallest absolute Gasteiger partial charge is 0.326 e. The predicted molar refractivity (Wildman–Crippen MR) is 84.2 cm³/mol. The second-order valence-electron chi connectivity index (χ2n) is 5.32. The lowest BCUT2D eigenvalue weighted by Crippen LogP contribution is -2.46. The molecule has 9 heteroatoms. The van der Waals surface area contributed by atoms with Gasteiger partial charge in [0.05, 0.1) is 11.3 Å². The number of amidine groups is 1. The summed E-state index contributed by atoms with van der Waals surface area (Å²) in [6, 6.07) is -1.01. The van der Waals surface area contributed by atoms with Crippen LogP contribution >= 0.6 is 0 Å². The van der Waals surface area contributed by atoms with E-state index in [1.807, 2.05) is 6.92 Å². The standard InChI is InChI=1S/C14H19N3O5S/c1-2-3-6-11(14(19)20)15-13(18)10-5-4-7-17-8-9-23(21,22)16-12(10)17/h4-5,7,11H,2-3,6,8-9H2,1H3,(H,15,18)(H,19,20). The monoisotopic (exact) mass is 341 g/mol. The molecule has 0 saturated carbocycles. The Labute approximate surface area is 134 Å². The summed E-state index contributed by atoms with van der Waals surface area (Å²) in [6.07, 6.45) is 6.46. The Kier molecular flexibility index (Phi) is 5.19. The van der Waals surface area contributed by atoms with Crippen molar-refractivity contribution < 1.29 is 23.1 Å². The maximum Gasteiger partial charge on any atom is 0.326 e. The van der Waals surface area contributed by atoms with Gasteiger partial charge in [0.15, 0.2) is 5.84 Å². The van der Waals surface area contributed by atoms with E-state index in [0.717, 1.165) is 6.42 Å². The number of nitrogens with zero attached hydrogens (tertiary/aromatic N) is 2. The zero-order valence-corrected chi connectivity index (χ0v) is 13.5. The van der Waals surface area contributed by atoms with Gasteiger partial charge in [0, 0.05) is 12.7 Å². The number of hydrogen-bond acceptors (Lipinski definition) is 5. The van der Waals surface area contributed by atoms with E-state index >= 15 is 0 Å². The van der Waals surface area contributed by atoms with E-state index in [4.69, 9.17) is 0 Å². The molecule has 1 atom stereocenters. The Hall–Kier alpha value is -2.16. The molecule has 1 unspecified atom stereocenters. The molecule has 0 spiro atoms. The van der Waals surface area contributed by atoms with Gasteiger partial charge in [-0.15, -0.1) is 4.40 Å². The van der Waals surface area contributed by atoms with E-state index in [1.165, 1.54) is 6.08 Å². The number of amides is 1. The van der Waals surface area contributed by atoms with E-state index in [0.29, 0.717) is 12.8 Å². The number of fused-ring (bicyclic) bond motifs is 1. The van der Waals surface area contributed by atoms with Crippen molar-refractivity contribution >= 4 is 27.7 Å². The molecular formula is C14H19N3O5S. The van der Waals surface area contributed by atoms with Crippen molar-refractivity contribution in [2.24, 2.45) is 4.40 Å². The fourth-order valence-electron chi connectivity index (χ4n) is 2.30. The van der Waals surface area contributed by atoms with Crippen LogP contribution in [0.4, 0.5) is 0 Å². The molecule has 0 radical (unpaired) electrons.